The van der Waals surface area contributed by atoms with Gasteiger partial charge in [0.05, 0.1) is 0 Å². The molecule has 0 fully saturated rings. The van der Waals surface area contributed by atoms with Crippen LogP contribution in [0.5, 0.6) is 0 Å². The molecule has 0 saturated carbocycles. The van der Waals surface area contributed by atoms with Gasteiger partial charge in [0, 0.05) is 17.8 Å². The highest BCUT2D eigenvalue weighted by Crippen LogP contribution is 2.33. The van der Waals surface area contributed by atoms with Gasteiger partial charge in [0.1, 0.15) is 11.9 Å². The van der Waals surface area contributed by atoms with E-state index in [-0.39, 0.29) is 11.9 Å². The molecular formula is C23H18FN. The number of rotatable bonds is 1. The second kappa shape index (κ2) is 6.83. The van der Waals surface area contributed by atoms with Gasteiger partial charge in [-0.15, -0.1) is 0 Å². The minimum absolute atomic E-state index is 0.00240. The molecule has 0 unspecified atom stereocenters. The molecule has 4 rings (SSSR count). The van der Waals surface area contributed by atoms with Crippen molar-refractivity contribution in [3.05, 3.63) is 101 Å². The summed E-state index contributed by atoms with van der Waals surface area (Å²) < 4.78 is 13.1. The van der Waals surface area contributed by atoms with Gasteiger partial charge in [-0.2, -0.15) is 0 Å². The number of hydrogen-bond acceptors (Lipinski definition) is 1. The largest absolute Gasteiger partial charge is 0.353 e. The fourth-order valence-electron chi connectivity index (χ4n) is 3.30. The predicted molar refractivity (Wildman–Crippen MR) is 100.0 cm³/mol. The van der Waals surface area contributed by atoms with Gasteiger partial charge in [0.15, 0.2) is 0 Å². The summed E-state index contributed by atoms with van der Waals surface area (Å²) in [6.45, 7) is 0.934. The summed E-state index contributed by atoms with van der Waals surface area (Å²) >= 11 is 0. The lowest BCUT2D eigenvalue weighted by atomic mass is 9.92. The topological polar surface area (TPSA) is 3.24 Å². The lowest BCUT2D eigenvalue weighted by molar-refractivity contribution is 0.627. The average Bonchev–Trinajstić information content (AvgIpc) is 2.68. The molecule has 0 saturated heterocycles. The van der Waals surface area contributed by atoms with E-state index in [1.165, 1.54) is 28.9 Å². The molecule has 25 heavy (non-hydrogen) atoms. The summed E-state index contributed by atoms with van der Waals surface area (Å²) in [5.74, 6) is 6.40. The van der Waals surface area contributed by atoms with Crippen LogP contribution in [0.4, 0.5) is 10.1 Å². The van der Waals surface area contributed by atoms with Gasteiger partial charge in [0.2, 0.25) is 0 Å². The molecular weight excluding hydrogens is 309 g/mol. The zero-order valence-corrected chi connectivity index (χ0v) is 13.8. The number of benzene rings is 3. The molecule has 0 aliphatic carbocycles. The zero-order chi connectivity index (χ0) is 17.1. The number of anilines is 1. The summed E-state index contributed by atoms with van der Waals surface area (Å²) in [7, 11) is 0. The van der Waals surface area contributed by atoms with Gasteiger partial charge < -0.3 is 4.90 Å². The van der Waals surface area contributed by atoms with Crippen molar-refractivity contribution < 1.29 is 4.39 Å². The Morgan fingerprint density at radius 2 is 1.56 bits per heavy atom. The van der Waals surface area contributed by atoms with Crippen molar-refractivity contribution in [3.8, 4) is 11.8 Å². The van der Waals surface area contributed by atoms with E-state index in [0.29, 0.717) is 0 Å². The fourth-order valence-corrected chi connectivity index (χ4v) is 3.30. The Kier molecular flexibility index (Phi) is 4.23. The van der Waals surface area contributed by atoms with Gasteiger partial charge in [-0.1, -0.05) is 54.3 Å². The molecule has 0 spiro atoms. The molecule has 0 amide bonds. The van der Waals surface area contributed by atoms with E-state index < -0.39 is 0 Å². The first kappa shape index (κ1) is 15.5. The lowest BCUT2D eigenvalue weighted by Gasteiger charge is -2.36. The minimum atomic E-state index is -0.237. The molecule has 1 aliphatic rings. The quantitative estimate of drug-likeness (QED) is 0.570. The summed E-state index contributed by atoms with van der Waals surface area (Å²) in [5.41, 5.74) is 4.62. The lowest BCUT2D eigenvalue weighted by Crippen LogP contribution is -2.34. The zero-order valence-electron chi connectivity index (χ0n) is 13.8. The first-order valence-electron chi connectivity index (χ1n) is 8.48. The second-order valence-electron chi connectivity index (χ2n) is 6.16. The number of halogens is 1. The maximum absolute atomic E-state index is 13.1. The normalized spacial score (nSPS) is 15.9. The molecule has 0 bridgehead atoms. The first-order valence-corrected chi connectivity index (χ1v) is 8.48. The highest BCUT2D eigenvalue weighted by atomic mass is 19.1. The Labute approximate surface area is 147 Å². The third-order valence-corrected chi connectivity index (χ3v) is 4.57. The van der Waals surface area contributed by atoms with Crippen molar-refractivity contribution in [2.24, 2.45) is 0 Å². The smallest absolute Gasteiger partial charge is 0.123 e. The molecule has 0 aromatic heterocycles. The molecule has 3 aromatic carbocycles. The second-order valence-corrected chi connectivity index (χ2v) is 6.16. The van der Waals surface area contributed by atoms with Crippen molar-refractivity contribution in [1.29, 1.82) is 0 Å². The van der Waals surface area contributed by atoms with Crippen LogP contribution >= 0.6 is 0 Å². The van der Waals surface area contributed by atoms with Crippen molar-refractivity contribution in [2.75, 3.05) is 11.4 Å². The number of hydrogen-bond donors (Lipinski definition) is 0. The number of para-hydroxylation sites is 1. The summed E-state index contributed by atoms with van der Waals surface area (Å²) in [4.78, 5) is 2.35. The Morgan fingerprint density at radius 1 is 0.840 bits per heavy atom. The van der Waals surface area contributed by atoms with Crippen molar-refractivity contribution >= 4 is 5.69 Å². The molecule has 122 valence electrons. The van der Waals surface area contributed by atoms with Crippen LogP contribution in [-0.2, 0) is 6.42 Å². The van der Waals surface area contributed by atoms with Gasteiger partial charge >= 0.3 is 0 Å². The van der Waals surface area contributed by atoms with Crippen LogP contribution in [0.25, 0.3) is 0 Å². The van der Waals surface area contributed by atoms with E-state index in [1.807, 2.05) is 6.07 Å². The predicted octanol–water partition coefficient (Wildman–Crippen LogP) is 4.98. The fraction of sp³-hybridized carbons (Fsp3) is 0.130. The highest BCUT2D eigenvalue weighted by Gasteiger charge is 2.25. The van der Waals surface area contributed by atoms with Crippen molar-refractivity contribution in [3.63, 3.8) is 0 Å². The molecule has 1 heterocycles. The number of fused-ring (bicyclic) bond motifs is 1. The monoisotopic (exact) mass is 327 g/mol. The Hall–Kier alpha value is -3.05. The van der Waals surface area contributed by atoms with Gasteiger partial charge in [-0.05, 0) is 53.9 Å². The van der Waals surface area contributed by atoms with E-state index in [1.54, 1.807) is 12.1 Å². The van der Waals surface area contributed by atoms with E-state index in [9.17, 15) is 4.39 Å². The molecule has 1 atom stereocenters. The third kappa shape index (κ3) is 3.27. The average molecular weight is 327 g/mol. The maximum Gasteiger partial charge on any atom is 0.123 e. The van der Waals surface area contributed by atoms with Crippen LogP contribution in [0, 0.1) is 17.7 Å². The third-order valence-electron chi connectivity index (χ3n) is 4.57. The van der Waals surface area contributed by atoms with Gasteiger partial charge in [-0.25, -0.2) is 4.39 Å². The molecule has 3 aromatic rings. The SMILES string of the molecule is Fc1ccc(C#C[C@H]2c3ccccc3CCN2c2ccccc2)cc1. The minimum Gasteiger partial charge on any atom is -0.353 e. The van der Waals surface area contributed by atoms with Crippen LogP contribution in [0.3, 0.4) is 0 Å². The Morgan fingerprint density at radius 3 is 2.36 bits per heavy atom. The molecule has 1 aliphatic heterocycles. The maximum atomic E-state index is 13.1. The van der Waals surface area contributed by atoms with Crippen LogP contribution < -0.4 is 4.90 Å². The van der Waals surface area contributed by atoms with Crippen LogP contribution in [0.2, 0.25) is 0 Å². The van der Waals surface area contributed by atoms with Crippen LogP contribution in [0.1, 0.15) is 22.7 Å². The van der Waals surface area contributed by atoms with E-state index >= 15 is 0 Å². The molecule has 0 N–H and O–H groups in total. The van der Waals surface area contributed by atoms with Crippen LogP contribution in [-0.4, -0.2) is 6.54 Å². The van der Waals surface area contributed by atoms with Crippen molar-refractivity contribution in [1.82, 2.24) is 0 Å². The summed E-state index contributed by atoms with van der Waals surface area (Å²) in [6, 6.07) is 25.2. The van der Waals surface area contributed by atoms with E-state index in [2.05, 4.69) is 65.3 Å². The van der Waals surface area contributed by atoms with E-state index in [4.69, 9.17) is 0 Å². The highest BCUT2D eigenvalue weighted by molar-refractivity contribution is 5.55. The Balaban J connectivity index is 1.75. The molecule has 0 radical (unpaired) electrons. The van der Waals surface area contributed by atoms with Gasteiger partial charge in [-0.3, -0.25) is 0 Å². The summed E-state index contributed by atoms with van der Waals surface area (Å²) in [6.07, 6.45) is 1.01. The van der Waals surface area contributed by atoms with Gasteiger partial charge in [0.25, 0.3) is 0 Å². The summed E-state index contributed by atoms with van der Waals surface area (Å²) in [5, 5.41) is 0. The molecule has 1 nitrogen and oxygen atoms in total. The number of nitrogens with zero attached hydrogens (tertiary/aromatic N) is 1. The first-order chi connectivity index (χ1) is 12.3. The van der Waals surface area contributed by atoms with Crippen LogP contribution in [0.15, 0.2) is 78.9 Å². The molecule has 2 heteroatoms. The van der Waals surface area contributed by atoms with E-state index in [0.717, 1.165) is 18.5 Å². The Bertz CT molecular complexity index is 920. The standard InChI is InChI=1S/C23H18FN/c24-20-13-10-18(11-14-20)12-15-23-22-9-5-4-6-19(22)16-17-25(23)21-7-2-1-3-8-21/h1-11,13-14,23H,16-17H2/t23-/m0/s1. The van der Waals surface area contributed by atoms with Crippen molar-refractivity contribution in [2.45, 2.75) is 12.5 Å².